The monoisotopic (exact) mass is 270 g/mol. The van der Waals surface area contributed by atoms with Crippen molar-refractivity contribution in [3.05, 3.63) is 52.6 Å². The maximum atomic E-state index is 11.2. The fraction of sp³-hybridized carbons (Fsp3) is 0.188. The molecule has 0 heterocycles. The van der Waals surface area contributed by atoms with Gasteiger partial charge in [0.05, 0.1) is 5.69 Å². The van der Waals surface area contributed by atoms with Crippen LogP contribution < -0.4 is 16.2 Å². The lowest BCUT2D eigenvalue weighted by molar-refractivity contribution is 0.1000. The van der Waals surface area contributed by atoms with Crippen LogP contribution in [0.2, 0.25) is 0 Å². The van der Waals surface area contributed by atoms with Crippen molar-refractivity contribution in [2.75, 3.05) is 5.73 Å². The number of carbonyl (C=O) groups is 1. The molecule has 4 N–H and O–H groups in total. The first-order chi connectivity index (χ1) is 9.40. The number of rotatable bonds is 3. The number of amides is 1. The summed E-state index contributed by atoms with van der Waals surface area (Å²) in [7, 11) is 0. The second kappa shape index (κ2) is 5.25. The molecular weight excluding hydrogens is 252 g/mol. The van der Waals surface area contributed by atoms with E-state index in [1.807, 2.05) is 32.9 Å². The van der Waals surface area contributed by atoms with Gasteiger partial charge in [-0.1, -0.05) is 12.1 Å². The number of primary amides is 1. The zero-order valence-corrected chi connectivity index (χ0v) is 11.9. The summed E-state index contributed by atoms with van der Waals surface area (Å²) < 4.78 is 5.96. The molecule has 2 aromatic rings. The Hall–Kier alpha value is -2.49. The van der Waals surface area contributed by atoms with E-state index in [0.717, 1.165) is 16.7 Å². The maximum Gasteiger partial charge on any atom is 0.248 e. The molecule has 1 amide bonds. The van der Waals surface area contributed by atoms with Gasteiger partial charge in [0, 0.05) is 5.56 Å². The molecule has 2 rings (SSSR count). The van der Waals surface area contributed by atoms with Gasteiger partial charge in [-0.05, 0) is 55.7 Å². The van der Waals surface area contributed by atoms with Crippen LogP contribution >= 0.6 is 0 Å². The Bertz CT molecular complexity index is 635. The molecule has 2 aromatic carbocycles. The molecule has 0 spiro atoms. The number of nitrogens with two attached hydrogens (primary N) is 2. The van der Waals surface area contributed by atoms with E-state index in [4.69, 9.17) is 16.2 Å². The first kappa shape index (κ1) is 13.9. The fourth-order valence-corrected chi connectivity index (χ4v) is 2.17. The lowest BCUT2D eigenvalue weighted by Crippen LogP contribution is -2.11. The van der Waals surface area contributed by atoms with Crippen LogP contribution in [0.15, 0.2) is 30.3 Å². The van der Waals surface area contributed by atoms with Crippen molar-refractivity contribution in [1.82, 2.24) is 0 Å². The summed E-state index contributed by atoms with van der Waals surface area (Å²) in [6.07, 6.45) is 0. The van der Waals surface area contributed by atoms with E-state index in [9.17, 15) is 4.79 Å². The smallest absolute Gasteiger partial charge is 0.248 e. The second-order valence-corrected chi connectivity index (χ2v) is 4.90. The Balaban J connectivity index is 2.47. The summed E-state index contributed by atoms with van der Waals surface area (Å²) in [5.74, 6) is 0.902. The highest BCUT2D eigenvalue weighted by molar-refractivity contribution is 5.93. The van der Waals surface area contributed by atoms with Gasteiger partial charge in [0.2, 0.25) is 5.91 Å². The molecule has 20 heavy (non-hydrogen) atoms. The van der Waals surface area contributed by atoms with Crippen molar-refractivity contribution in [1.29, 1.82) is 0 Å². The van der Waals surface area contributed by atoms with E-state index in [1.54, 1.807) is 18.2 Å². The SMILES string of the molecule is Cc1cc(C(N)=O)cc(C)c1Oc1c(C)cccc1N. The highest BCUT2D eigenvalue weighted by Crippen LogP contribution is 2.35. The predicted molar refractivity (Wildman–Crippen MR) is 80.1 cm³/mol. The minimum Gasteiger partial charge on any atom is -0.454 e. The van der Waals surface area contributed by atoms with Crippen LogP contribution in [0.4, 0.5) is 5.69 Å². The average Bonchev–Trinajstić information content (AvgIpc) is 2.36. The van der Waals surface area contributed by atoms with Gasteiger partial charge in [-0.15, -0.1) is 0 Å². The highest BCUT2D eigenvalue weighted by Gasteiger charge is 2.13. The number of benzene rings is 2. The van der Waals surface area contributed by atoms with Crippen molar-refractivity contribution in [3.63, 3.8) is 0 Å². The summed E-state index contributed by atoms with van der Waals surface area (Å²) >= 11 is 0. The first-order valence-corrected chi connectivity index (χ1v) is 6.34. The second-order valence-electron chi connectivity index (χ2n) is 4.90. The fourth-order valence-electron chi connectivity index (χ4n) is 2.17. The third-order valence-electron chi connectivity index (χ3n) is 3.19. The van der Waals surface area contributed by atoms with Crippen LogP contribution in [0.3, 0.4) is 0 Å². The summed E-state index contributed by atoms with van der Waals surface area (Å²) in [6, 6.07) is 9.06. The molecule has 0 saturated heterocycles. The topological polar surface area (TPSA) is 78.3 Å². The third kappa shape index (κ3) is 2.59. The number of hydrogen-bond donors (Lipinski definition) is 2. The molecule has 0 radical (unpaired) electrons. The highest BCUT2D eigenvalue weighted by atomic mass is 16.5. The Morgan fingerprint density at radius 1 is 1.00 bits per heavy atom. The van der Waals surface area contributed by atoms with Crippen LogP contribution in [0.1, 0.15) is 27.0 Å². The summed E-state index contributed by atoms with van der Waals surface area (Å²) in [4.78, 5) is 11.2. The Labute approximate surface area is 118 Å². The molecule has 0 aromatic heterocycles. The zero-order chi connectivity index (χ0) is 14.9. The van der Waals surface area contributed by atoms with Gasteiger partial charge < -0.3 is 16.2 Å². The standard InChI is InChI=1S/C16H18N2O2/c1-9-5-4-6-13(17)15(9)20-14-10(2)7-12(16(18)19)8-11(14)3/h4-8H,17H2,1-3H3,(H2,18,19). The van der Waals surface area contributed by atoms with Gasteiger partial charge >= 0.3 is 0 Å². The van der Waals surface area contributed by atoms with E-state index in [1.165, 1.54) is 0 Å². The minimum absolute atomic E-state index is 0.446. The van der Waals surface area contributed by atoms with Gasteiger partial charge in [0.25, 0.3) is 0 Å². The number of para-hydroxylation sites is 1. The predicted octanol–water partition coefficient (Wildman–Crippen LogP) is 3.09. The van der Waals surface area contributed by atoms with Crippen molar-refractivity contribution in [2.45, 2.75) is 20.8 Å². The molecule has 0 bridgehead atoms. The summed E-state index contributed by atoms with van der Waals surface area (Å²) in [5, 5.41) is 0. The zero-order valence-electron chi connectivity index (χ0n) is 11.9. The Morgan fingerprint density at radius 3 is 2.10 bits per heavy atom. The lowest BCUT2D eigenvalue weighted by Gasteiger charge is -2.16. The molecule has 4 nitrogen and oxygen atoms in total. The number of aryl methyl sites for hydroxylation is 3. The first-order valence-electron chi connectivity index (χ1n) is 6.34. The van der Waals surface area contributed by atoms with E-state index >= 15 is 0 Å². The van der Waals surface area contributed by atoms with Gasteiger partial charge in [0.15, 0.2) is 5.75 Å². The van der Waals surface area contributed by atoms with E-state index in [2.05, 4.69) is 0 Å². The van der Waals surface area contributed by atoms with Crippen LogP contribution in [0.25, 0.3) is 0 Å². The molecule has 4 heteroatoms. The van der Waals surface area contributed by atoms with Crippen LogP contribution in [0.5, 0.6) is 11.5 Å². The van der Waals surface area contributed by atoms with Crippen LogP contribution in [-0.4, -0.2) is 5.91 Å². The van der Waals surface area contributed by atoms with E-state index in [0.29, 0.717) is 22.7 Å². The van der Waals surface area contributed by atoms with Gasteiger partial charge in [-0.3, -0.25) is 4.79 Å². The van der Waals surface area contributed by atoms with Crippen LogP contribution in [0, 0.1) is 20.8 Å². The largest absolute Gasteiger partial charge is 0.454 e. The number of hydrogen-bond acceptors (Lipinski definition) is 3. The normalized spacial score (nSPS) is 10.3. The molecule has 0 aliphatic rings. The van der Waals surface area contributed by atoms with Crippen LogP contribution in [-0.2, 0) is 0 Å². The summed E-state index contributed by atoms with van der Waals surface area (Å²) in [6.45, 7) is 5.70. The van der Waals surface area contributed by atoms with E-state index in [-0.39, 0.29) is 0 Å². The molecule has 0 fully saturated rings. The number of anilines is 1. The van der Waals surface area contributed by atoms with Gasteiger partial charge in [-0.25, -0.2) is 0 Å². The Kier molecular flexibility index (Phi) is 3.66. The molecular formula is C16H18N2O2. The van der Waals surface area contributed by atoms with E-state index < -0.39 is 5.91 Å². The van der Waals surface area contributed by atoms with Gasteiger partial charge in [-0.2, -0.15) is 0 Å². The lowest BCUT2D eigenvalue weighted by atomic mass is 10.1. The number of carbonyl (C=O) groups excluding carboxylic acids is 1. The third-order valence-corrected chi connectivity index (χ3v) is 3.19. The average molecular weight is 270 g/mol. The number of nitrogen functional groups attached to an aromatic ring is 1. The Morgan fingerprint density at radius 2 is 1.60 bits per heavy atom. The molecule has 0 aliphatic heterocycles. The van der Waals surface area contributed by atoms with Crippen molar-refractivity contribution in [2.24, 2.45) is 5.73 Å². The molecule has 0 aliphatic carbocycles. The minimum atomic E-state index is -0.446. The molecule has 0 atom stereocenters. The quantitative estimate of drug-likeness (QED) is 0.841. The molecule has 0 saturated carbocycles. The van der Waals surface area contributed by atoms with Crippen molar-refractivity contribution < 1.29 is 9.53 Å². The molecule has 104 valence electrons. The maximum absolute atomic E-state index is 11.2. The molecule has 0 unspecified atom stereocenters. The van der Waals surface area contributed by atoms with Crippen molar-refractivity contribution >= 4 is 11.6 Å². The van der Waals surface area contributed by atoms with Crippen molar-refractivity contribution in [3.8, 4) is 11.5 Å². The number of ether oxygens (including phenoxy) is 1. The summed E-state index contributed by atoms with van der Waals surface area (Å²) in [5.41, 5.74) is 15.0. The van der Waals surface area contributed by atoms with Gasteiger partial charge in [0.1, 0.15) is 5.75 Å².